The summed E-state index contributed by atoms with van der Waals surface area (Å²) in [7, 11) is 1.58. The Kier molecular flexibility index (Phi) is 9.46. The molecule has 0 saturated heterocycles. The van der Waals surface area contributed by atoms with Crippen LogP contribution in [0.2, 0.25) is 10.0 Å². The molecule has 31 heavy (non-hydrogen) atoms. The van der Waals surface area contributed by atoms with Crippen molar-refractivity contribution in [1.29, 1.82) is 0 Å². The molecule has 6 nitrogen and oxygen atoms in total. The van der Waals surface area contributed by atoms with Gasteiger partial charge in [-0.2, -0.15) is 0 Å². The van der Waals surface area contributed by atoms with Crippen LogP contribution in [0.1, 0.15) is 32.8 Å². The second-order valence-corrected chi connectivity index (χ2v) is 8.14. The molecule has 0 aromatic heterocycles. The summed E-state index contributed by atoms with van der Waals surface area (Å²) >= 11 is 12.1. The summed E-state index contributed by atoms with van der Waals surface area (Å²) in [5.74, 6) is 0.697. The monoisotopic (exact) mass is 466 g/mol. The first-order chi connectivity index (χ1) is 14.7. The second-order valence-electron chi connectivity index (χ2n) is 7.32. The fourth-order valence-corrected chi connectivity index (χ4v) is 3.36. The Morgan fingerprint density at radius 1 is 1.03 bits per heavy atom. The lowest BCUT2D eigenvalue weighted by molar-refractivity contribution is -0.143. The third-order valence-corrected chi connectivity index (χ3v) is 5.31. The van der Waals surface area contributed by atoms with Gasteiger partial charge < -0.3 is 19.7 Å². The van der Waals surface area contributed by atoms with Crippen LogP contribution in [-0.4, -0.2) is 42.5 Å². The first kappa shape index (κ1) is 24.8. The summed E-state index contributed by atoms with van der Waals surface area (Å²) in [6.45, 7) is 5.61. The van der Waals surface area contributed by atoms with Crippen molar-refractivity contribution in [2.24, 2.45) is 0 Å². The van der Waals surface area contributed by atoms with Gasteiger partial charge in [-0.3, -0.25) is 9.59 Å². The quantitative estimate of drug-likeness (QED) is 0.550. The number of hydrogen-bond acceptors (Lipinski definition) is 4. The topological polar surface area (TPSA) is 67.9 Å². The molecule has 1 N–H and O–H groups in total. The number of carbonyl (C=O) groups excluding carboxylic acids is 2. The number of nitrogens with zero attached hydrogens (tertiary/aromatic N) is 1. The molecular weight excluding hydrogens is 439 g/mol. The van der Waals surface area contributed by atoms with Crippen LogP contribution in [0.4, 0.5) is 0 Å². The van der Waals surface area contributed by atoms with Gasteiger partial charge in [0.1, 0.15) is 17.5 Å². The molecule has 2 amide bonds. The second kappa shape index (κ2) is 11.8. The van der Waals surface area contributed by atoms with Gasteiger partial charge in [0, 0.05) is 12.6 Å². The van der Waals surface area contributed by atoms with Gasteiger partial charge in [0.25, 0.3) is 5.91 Å². The van der Waals surface area contributed by atoms with Crippen LogP contribution < -0.4 is 14.8 Å². The summed E-state index contributed by atoms with van der Waals surface area (Å²) < 4.78 is 10.8. The van der Waals surface area contributed by atoms with Crippen molar-refractivity contribution in [3.8, 4) is 11.5 Å². The molecule has 0 bridgehead atoms. The molecule has 0 unspecified atom stereocenters. The molecule has 168 valence electrons. The van der Waals surface area contributed by atoms with Crippen LogP contribution in [0.15, 0.2) is 42.5 Å². The van der Waals surface area contributed by atoms with Gasteiger partial charge in [-0.15, -0.1) is 0 Å². The Hall–Kier alpha value is -2.44. The minimum absolute atomic E-state index is 0.0426. The smallest absolute Gasteiger partial charge is 0.261 e. The maximum absolute atomic E-state index is 13.1. The summed E-state index contributed by atoms with van der Waals surface area (Å²) in [5.41, 5.74) is 0.767. The number of methoxy groups -OCH3 is 1. The van der Waals surface area contributed by atoms with Crippen LogP contribution >= 0.6 is 23.2 Å². The van der Waals surface area contributed by atoms with E-state index in [1.54, 1.807) is 49.6 Å². The molecule has 0 aliphatic rings. The van der Waals surface area contributed by atoms with Crippen molar-refractivity contribution < 1.29 is 19.1 Å². The summed E-state index contributed by atoms with van der Waals surface area (Å²) in [6.07, 6.45) is 0.453. The minimum atomic E-state index is -0.649. The van der Waals surface area contributed by atoms with Gasteiger partial charge in [0.2, 0.25) is 5.91 Å². The number of benzene rings is 2. The number of hydrogen-bond donors (Lipinski definition) is 1. The highest BCUT2D eigenvalue weighted by molar-refractivity contribution is 6.42. The van der Waals surface area contributed by atoms with Crippen LogP contribution in [0, 0.1) is 0 Å². The molecule has 8 heteroatoms. The fourth-order valence-electron chi connectivity index (χ4n) is 3.03. The molecule has 2 rings (SSSR count). The number of ether oxygens (including phenoxy) is 2. The molecule has 0 radical (unpaired) electrons. The first-order valence-electron chi connectivity index (χ1n) is 10.1. The maximum Gasteiger partial charge on any atom is 0.261 e. The molecule has 0 aliphatic carbocycles. The predicted molar refractivity (Wildman–Crippen MR) is 123 cm³/mol. The van der Waals surface area contributed by atoms with Gasteiger partial charge in [-0.05, 0) is 62.2 Å². The molecule has 0 saturated carbocycles. The number of carbonyl (C=O) groups is 2. The van der Waals surface area contributed by atoms with Crippen LogP contribution in [0.25, 0.3) is 0 Å². The minimum Gasteiger partial charge on any atom is -0.497 e. The maximum atomic E-state index is 13.1. The highest BCUT2D eigenvalue weighted by Crippen LogP contribution is 2.24. The van der Waals surface area contributed by atoms with E-state index in [0.29, 0.717) is 28.0 Å². The molecule has 0 aliphatic heterocycles. The Balaban J connectivity index is 2.21. The SMILES string of the molecule is CC[C@H](C(=O)NC(C)C)N(Cc1ccc(Cl)c(Cl)c1)C(=O)COc1ccc(OC)cc1. The zero-order chi connectivity index (χ0) is 23.0. The third kappa shape index (κ3) is 7.33. The summed E-state index contributed by atoms with van der Waals surface area (Å²) in [6, 6.07) is 11.4. The molecule has 0 spiro atoms. The summed E-state index contributed by atoms with van der Waals surface area (Å²) in [4.78, 5) is 27.4. The molecule has 0 heterocycles. The fraction of sp³-hybridized carbons (Fsp3) is 0.391. The van der Waals surface area contributed by atoms with E-state index in [9.17, 15) is 9.59 Å². The standard InChI is InChI=1S/C23H28Cl2N2O4/c1-5-21(23(29)26-15(2)3)27(13-16-6-11-19(24)20(25)12-16)22(28)14-31-18-9-7-17(30-4)8-10-18/h6-12,15,21H,5,13-14H2,1-4H3,(H,26,29)/t21-/m1/s1. The normalized spacial score (nSPS) is 11.7. The van der Waals surface area contributed by atoms with Crippen LogP contribution in [0.3, 0.4) is 0 Å². The lowest BCUT2D eigenvalue weighted by Crippen LogP contribution is -2.51. The highest BCUT2D eigenvalue weighted by Gasteiger charge is 2.29. The Bertz CT molecular complexity index is 888. The zero-order valence-electron chi connectivity index (χ0n) is 18.2. The molecule has 1 atom stereocenters. The number of amides is 2. The molecule has 2 aromatic carbocycles. The van der Waals surface area contributed by atoms with E-state index < -0.39 is 6.04 Å². The Morgan fingerprint density at radius 3 is 2.23 bits per heavy atom. The van der Waals surface area contributed by atoms with Crippen LogP contribution in [-0.2, 0) is 16.1 Å². The number of rotatable bonds is 10. The lowest BCUT2D eigenvalue weighted by atomic mass is 10.1. The van der Waals surface area contributed by atoms with E-state index in [1.165, 1.54) is 4.90 Å². The summed E-state index contributed by atoms with van der Waals surface area (Å²) in [5, 5.41) is 3.70. The third-order valence-electron chi connectivity index (χ3n) is 4.58. The average Bonchev–Trinajstić information content (AvgIpc) is 2.74. The molecule has 0 fully saturated rings. The van der Waals surface area contributed by atoms with Crippen molar-refractivity contribution in [3.05, 3.63) is 58.1 Å². The van der Waals surface area contributed by atoms with E-state index in [2.05, 4.69) is 5.32 Å². The number of nitrogens with one attached hydrogen (secondary N) is 1. The van der Waals surface area contributed by atoms with Gasteiger partial charge in [-0.1, -0.05) is 36.2 Å². The van der Waals surface area contributed by atoms with Crippen molar-refractivity contribution >= 4 is 35.0 Å². The number of halogens is 2. The largest absolute Gasteiger partial charge is 0.497 e. The van der Waals surface area contributed by atoms with Gasteiger partial charge >= 0.3 is 0 Å². The molecular formula is C23H28Cl2N2O4. The van der Waals surface area contributed by atoms with E-state index in [1.807, 2.05) is 20.8 Å². The predicted octanol–water partition coefficient (Wildman–Crippen LogP) is 4.71. The van der Waals surface area contributed by atoms with Gasteiger partial charge in [0.05, 0.1) is 17.2 Å². The van der Waals surface area contributed by atoms with Gasteiger partial charge in [0.15, 0.2) is 6.61 Å². The van der Waals surface area contributed by atoms with Crippen molar-refractivity contribution in [1.82, 2.24) is 10.2 Å². The van der Waals surface area contributed by atoms with Crippen molar-refractivity contribution in [2.45, 2.75) is 45.8 Å². The van der Waals surface area contributed by atoms with E-state index >= 15 is 0 Å². The van der Waals surface area contributed by atoms with Crippen molar-refractivity contribution in [2.75, 3.05) is 13.7 Å². The van der Waals surface area contributed by atoms with Gasteiger partial charge in [-0.25, -0.2) is 0 Å². The van der Waals surface area contributed by atoms with E-state index in [0.717, 1.165) is 5.56 Å². The Labute approximate surface area is 193 Å². The zero-order valence-corrected chi connectivity index (χ0v) is 19.7. The van der Waals surface area contributed by atoms with Crippen molar-refractivity contribution in [3.63, 3.8) is 0 Å². The van der Waals surface area contributed by atoms with E-state index in [4.69, 9.17) is 32.7 Å². The van der Waals surface area contributed by atoms with Crippen LogP contribution in [0.5, 0.6) is 11.5 Å². The first-order valence-corrected chi connectivity index (χ1v) is 10.8. The van der Waals surface area contributed by atoms with E-state index in [-0.39, 0.29) is 31.0 Å². The average molecular weight is 467 g/mol. The highest BCUT2D eigenvalue weighted by atomic mass is 35.5. The molecule has 2 aromatic rings. The lowest BCUT2D eigenvalue weighted by Gasteiger charge is -2.31. The Morgan fingerprint density at radius 2 is 1.68 bits per heavy atom.